The van der Waals surface area contributed by atoms with Gasteiger partial charge in [-0.25, -0.2) is 0 Å². The van der Waals surface area contributed by atoms with Crippen LogP contribution in [0.25, 0.3) is 0 Å². The normalized spacial score (nSPS) is 20.3. The van der Waals surface area contributed by atoms with Crippen LogP contribution in [0.15, 0.2) is 42.6 Å². The highest BCUT2D eigenvalue weighted by Crippen LogP contribution is 2.24. The molecule has 1 amide bonds. The van der Waals surface area contributed by atoms with Gasteiger partial charge in [-0.2, -0.15) is 13.2 Å². The van der Waals surface area contributed by atoms with E-state index in [4.69, 9.17) is 0 Å². The lowest BCUT2D eigenvalue weighted by atomic mass is 10.0. The van der Waals surface area contributed by atoms with Gasteiger partial charge in [-0.3, -0.25) is 14.0 Å². The number of rotatable bonds is 5. The van der Waals surface area contributed by atoms with E-state index in [1.807, 2.05) is 25.4 Å². The molecule has 1 saturated heterocycles. The van der Waals surface area contributed by atoms with E-state index in [0.29, 0.717) is 24.1 Å². The summed E-state index contributed by atoms with van der Waals surface area (Å²) in [7, 11) is 1.09. The highest BCUT2D eigenvalue weighted by Gasteiger charge is 2.27. The van der Waals surface area contributed by atoms with Crippen LogP contribution in [-0.2, 0) is 35.0 Å². The van der Waals surface area contributed by atoms with Gasteiger partial charge in [0, 0.05) is 41.3 Å². The molecular weight excluding hydrogens is 439 g/mol. The highest BCUT2D eigenvalue weighted by atomic mass is 32.2. The Labute approximate surface area is 188 Å². The van der Waals surface area contributed by atoms with Crippen molar-refractivity contribution >= 4 is 22.4 Å². The predicted octanol–water partition coefficient (Wildman–Crippen LogP) is 3.96. The van der Waals surface area contributed by atoms with Crippen molar-refractivity contribution in [2.24, 2.45) is 5.92 Å². The number of halogens is 3. The van der Waals surface area contributed by atoms with Crippen molar-refractivity contribution in [2.45, 2.75) is 44.9 Å². The van der Waals surface area contributed by atoms with Gasteiger partial charge < -0.3 is 10.2 Å². The number of anilines is 1. The van der Waals surface area contributed by atoms with Crippen LogP contribution in [0, 0.1) is 5.92 Å². The molecule has 174 valence electrons. The van der Waals surface area contributed by atoms with E-state index in [1.165, 1.54) is 11.1 Å². The first-order valence-corrected chi connectivity index (χ1v) is 12.1. The third-order valence-corrected chi connectivity index (χ3v) is 7.14. The number of alkyl halides is 3. The molecule has 32 heavy (non-hydrogen) atoms. The minimum absolute atomic E-state index is 0.00707. The summed E-state index contributed by atoms with van der Waals surface area (Å²) in [5, 5.41) is 3.58. The molecule has 2 heterocycles. The molecule has 2 aliphatic rings. The number of aromatic nitrogens is 1. The molecule has 0 saturated carbocycles. The molecule has 0 atom stereocenters. The molecule has 0 unspecified atom stereocenters. The van der Waals surface area contributed by atoms with Crippen LogP contribution < -0.4 is 5.32 Å². The van der Waals surface area contributed by atoms with Crippen LogP contribution >= 0.6 is 0 Å². The van der Waals surface area contributed by atoms with Crippen molar-refractivity contribution in [3.63, 3.8) is 0 Å². The second-order valence-electron chi connectivity index (χ2n) is 8.12. The Kier molecular flexibility index (Phi) is 8.67. The second kappa shape index (κ2) is 11.4. The standard InChI is InChI=1S/C22H27N3O2S.CHF3/c1-25(22(26)16-8-10-28(27)11-9-16)15-20-7-6-19(14-23-20)24-21-12-17-4-2-3-5-18(17)13-21;2-1(3)4/h2-7,14,16,21,24H,8-13,15H2,1H3;1H. The number of pyridine rings is 1. The van der Waals surface area contributed by atoms with Gasteiger partial charge in [0.25, 0.3) is 0 Å². The predicted molar refractivity (Wildman–Crippen MR) is 120 cm³/mol. The monoisotopic (exact) mass is 467 g/mol. The first-order chi connectivity index (χ1) is 15.3. The molecule has 0 bridgehead atoms. The van der Waals surface area contributed by atoms with Crippen LogP contribution in [0.5, 0.6) is 0 Å². The van der Waals surface area contributed by atoms with Gasteiger partial charge in [0.05, 0.1) is 24.1 Å². The van der Waals surface area contributed by atoms with Crippen LogP contribution in [0.1, 0.15) is 29.7 Å². The number of hydrogen-bond donors (Lipinski definition) is 1. The lowest BCUT2D eigenvalue weighted by Crippen LogP contribution is -2.36. The maximum Gasteiger partial charge on any atom is 0.379 e. The van der Waals surface area contributed by atoms with E-state index in [9.17, 15) is 22.2 Å². The molecular formula is C23H28F3N3O2S. The Hall–Kier alpha value is -2.42. The molecule has 2 aromatic rings. The van der Waals surface area contributed by atoms with Crippen molar-refractivity contribution in [2.75, 3.05) is 23.9 Å². The number of nitrogens with zero attached hydrogens (tertiary/aromatic N) is 2. The van der Waals surface area contributed by atoms with Gasteiger partial charge in [0.15, 0.2) is 0 Å². The Bertz CT molecular complexity index is 889. The van der Waals surface area contributed by atoms with E-state index in [-0.39, 0.29) is 11.8 Å². The summed E-state index contributed by atoms with van der Waals surface area (Å²) in [4.78, 5) is 18.9. The van der Waals surface area contributed by atoms with E-state index < -0.39 is 17.5 Å². The number of carbonyl (C=O) groups is 1. The number of benzene rings is 1. The van der Waals surface area contributed by atoms with Crippen molar-refractivity contribution in [1.82, 2.24) is 9.88 Å². The Morgan fingerprint density at radius 1 is 1.12 bits per heavy atom. The summed E-state index contributed by atoms with van der Waals surface area (Å²) >= 11 is 0. The Morgan fingerprint density at radius 2 is 1.72 bits per heavy atom. The summed E-state index contributed by atoms with van der Waals surface area (Å²) in [6.45, 7) is -3.16. The Balaban J connectivity index is 0.000000668. The number of hydrogen-bond acceptors (Lipinski definition) is 4. The van der Waals surface area contributed by atoms with E-state index in [1.54, 1.807) is 4.90 Å². The van der Waals surface area contributed by atoms with Gasteiger partial charge in [-0.15, -0.1) is 0 Å². The van der Waals surface area contributed by atoms with Gasteiger partial charge in [0.2, 0.25) is 5.91 Å². The zero-order valence-corrected chi connectivity index (χ0v) is 18.8. The van der Waals surface area contributed by atoms with Crippen molar-refractivity contribution in [3.8, 4) is 0 Å². The molecule has 0 radical (unpaired) electrons. The quantitative estimate of drug-likeness (QED) is 0.723. The van der Waals surface area contributed by atoms with Gasteiger partial charge >= 0.3 is 6.68 Å². The van der Waals surface area contributed by atoms with Crippen LogP contribution in [0.2, 0.25) is 0 Å². The number of carbonyl (C=O) groups excluding carboxylic acids is 1. The molecule has 1 N–H and O–H groups in total. The van der Waals surface area contributed by atoms with Gasteiger partial charge in [-0.05, 0) is 48.9 Å². The molecule has 1 aromatic carbocycles. The fraction of sp³-hybridized carbons (Fsp3) is 0.478. The number of amides is 1. The van der Waals surface area contributed by atoms with Crippen molar-refractivity contribution in [1.29, 1.82) is 0 Å². The van der Waals surface area contributed by atoms with Crippen molar-refractivity contribution in [3.05, 3.63) is 59.4 Å². The van der Waals surface area contributed by atoms with E-state index in [0.717, 1.165) is 37.1 Å². The zero-order valence-electron chi connectivity index (χ0n) is 18.0. The maximum absolute atomic E-state index is 12.6. The van der Waals surface area contributed by atoms with Crippen LogP contribution in [0.4, 0.5) is 18.9 Å². The summed E-state index contributed by atoms with van der Waals surface area (Å²) in [5.74, 6) is 1.44. The third kappa shape index (κ3) is 7.05. The molecule has 9 heteroatoms. The average molecular weight is 468 g/mol. The maximum atomic E-state index is 12.6. The van der Waals surface area contributed by atoms with Gasteiger partial charge in [0.1, 0.15) is 0 Å². The first-order valence-electron chi connectivity index (χ1n) is 10.6. The van der Waals surface area contributed by atoms with Gasteiger partial charge in [-0.1, -0.05) is 24.3 Å². The SMILES string of the molecule is CN(Cc1ccc(NC2Cc3ccccc3C2)cn1)C(=O)C1CCS(=O)CC1.FC(F)F. The fourth-order valence-corrected chi connectivity index (χ4v) is 5.47. The summed E-state index contributed by atoms with van der Waals surface area (Å²) in [5.41, 5.74) is 4.76. The number of nitrogens with one attached hydrogen (secondary N) is 1. The minimum atomic E-state index is -3.67. The minimum Gasteiger partial charge on any atom is -0.380 e. The Morgan fingerprint density at radius 3 is 2.25 bits per heavy atom. The van der Waals surface area contributed by atoms with Crippen molar-refractivity contribution < 1.29 is 22.2 Å². The largest absolute Gasteiger partial charge is 0.380 e. The smallest absolute Gasteiger partial charge is 0.379 e. The number of fused-ring (bicyclic) bond motifs is 1. The molecule has 5 nitrogen and oxygen atoms in total. The topological polar surface area (TPSA) is 62.3 Å². The summed E-state index contributed by atoms with van der Waals surface area (Å²) in [6.07, 6.45) is 5.41. The molecule has 1 aliphatic carbocycles. The average Bonchev–Trinajstić information content (AvgIpc) is 3.17. The van der Waals surface area contributed by atoms with Crippen LogP contribution in [0.3, 0.4) is 0 Å². The fourth-order valence-electron chi connectivity index (χ4n) is 4.17. The lowest BCUT2D eigenvalue weighted by Gasteiger charge is -2.26. The molecule has 0 spiro atoms. The summed E-state index contributed by atoms with van der Waals surface area (Å²) in [6, 6.07) is 13.1. The lowest BCUT2D eigenvalue weighted by molar-refractivity contribution is -0.135. The van der Waals surface area contributed by atoms with Crippen LogP contribution in [-0.4, -0.2) is 51.3 Å². The molecule has 1 aliphatic heterocycles. The second-order valence-corrected chi connectivity index (χ2v) is 9.82. The molecule has 4 rings (SSSR count). The zero-order chi connectivity index (χ0) is 23.1. The summed E-state index contributed by atoms with van der Waals surface area (Å²) < 4.78 is 40.5. The van der Waals surface area contributed by atoms with E-state index in [2.05, 4.69) is 34.6 Å². The molecule has 1 fully saturated rings. The highest BCUT2D eigenvalue weighted by molar-refractivity contribution is 7.85. The third-order valence-electron chi connectivity index (χ3n) is 5.76. The first kappa shape index (κ1) is 24.2. The molecule has 1 aromatic heterocycles. The van der Waals surface area contributed by atoms with E-state index >= 15 is 0 Å².